The number of carbonyl (C=O) groups excluding carboxylic acids is 1. The van der Waals surface area contributed by atoms with Gasteiger partial charge >= 0.3 is 0 Å². The Balaban J connectivity index is 2.89. The van der Waals surface area contributed by atoms with Gasteiger partial charge in [-0.2, -0.15) is 0 Å². The van der Waals surface area contributed by atoms with E-state index in [4.69, 9.17) is 0 Å². The third-order valence-electron chi connectivity index (χ3n) is 2.35. The second kappa shape index (κ2) is 4.51. The van der Waals surface area contributed by atoms with E-state index in [0.717, 1.165) is 5.69 Å². The fourth-order valence-corrected chi connectivity index (χ4v) is 1.47. The quantitative estimate of drug-likeness (QED) is 0.812. The van der Waals surface area contributed by atoms with Crippen molar-refractivity contribution >= 4 is 5.91 Å². The van der Waals surface area contributed by atoms with E-state index in [9.17, 15) is 4.79 Å². The summed E-state index contributed by atoms with van der Waals surface area (Å²) in [6.45, 7) is 8.17. The molecule has 0 aliphatic rings. The summed E-state index contributed by atoms with van der Waals surface area (Å²) in [5.74, 6) is 0.455. The number of aromatic nitrogens is 1. The SMILES string of the molecule is CC(C)NC(=O)c1cc(C(C)C)cn1C. The Labute approximate surface area is 91.5 Å². The largest absolute Gasteiger partial charge is 0.349 e. The van der Waals surface area contributed by atoms with Gasteiger partial charge in [0.15, 0.2) is 0 Å². The fraction of sp³-hybridized carbons (Fsp3) is 0.583. The van der Waals surface area contributed by atoms with Crippen molar-refractivity contribution in [2.24, 2.45) is 7.05 Å². The zero-order chi connectivity index (χ0) is 11.6. The molecule has 0 atom stereocenters. The van der Waals surface area contributed by atoms with Gasteiger partial charge in [-0.25, -0.2) is 0 Å². The lowest BCUT2D eigenvalue weighted by Gasteiger charge is -2.08. The minimum absolute atomic E-state index is 0.000556. The molecule has 1 rings (SSSR count). The number of amides is 1. The van der Waals surface area contributed by atoms with Crippen LogP contribution >= 0.6 is 0 Å². The summed E-state index contributed by atoms with van der Waals surface area (Å²) in [6.07, 6.45) is 2.01. The highest BCUT2D eigenvalue weighted by molar-refractivity contribution is 5.93. The van der Waals surface area contributed by atoms with E-state index in [1.807, 2.05) is 37.7 Å². The first-order chi connectivity index (χ1) is 6.91. The lowest BCUT2D eigenvalue weighted by atomic mass is 10.1. The van der Waals surface area contributed by atoms with Gasteiger partial charge in [-0.3, -0.25) is 4.79 Å². The molecule has 3 heteroatoms. The zero-order valence-electron chi connectivity index (χ0n) is 10.2. The Hall–Kier alpha value is -1.25. The minimum atomic E-state index is -0.000556. The highest BCUT2D eigenvalue weighted by Crippen LogP contribution is 2.17. The number of aryl methyl sites for hydroxylation is 1. The molecule has 1 N–H and O–H groups in total. The minimum Gasteiger partial charge on any atom is -0.349 e. The van der Waals surface area contributed by atoms with Crippen molar-refractivity contribution in [2.45, 2.75) is 39.7 Å². The van der Waals surface area contributed by atoms with E-state index >= 15 is 0 Å². The van der Waals surface area contributed by atoms with Gasteiger partial charge in [-0.15, -0.1) is 0 Å². The van der Waals surface area contributed by atoms with Crippen molar-refractivity contribution in [1.82, 2.24) is 9.88 Å². The van der Waals surface area contributed by atoms with Crippen molar-refractivity contribution < 1.29 is 4.79 Å². The lowest BCUT2D eigenvalue weighted by molar-refractivity contribution is 0.0935. The van der Waals surface area contributed by atoms with E-state index in [-0.39, 0.29) is 11.9 Å². The maximum absolute atomic E-state index is 11.8. The van der Waals surface area contributed by atoms with Crippen molar-refractivity contribution in [3.63, 3.8) is 0 Å². The van der Waals surface area contributed by atoms with E-state index in [1.165, 1.54) is 5.56 Å². The molecule has 1 heterocycles. The number of hydrogen-bond donors (Lipinski definition) is 1. The van der Waals surface area contributed by atoms with Gasteiger partial charge in [0.1, 0.15) is 5.69 Å². The highest BCUT2D eigenvalue weighted by atomic mass is 16.2. The molecule has 0 aromatic carbocycles. The van der Waals surface area contributed by atoms with Crippen molar-refractivity contribution in [1.29, 1.82) is 0 Å². The average Bonchev–Trinajstić information content (AvgIpc) is 2.46. The summed E-state index contributed by atoms with van der Waals surface area (Å²) in [7, 11) is 1.90. The summed E-state index contributed by atoms with van der Waals surface area (Å²) >= 11 is 0. The highest BCUT2D eigenvalue weighted by Gasteiger charge is 2.13. The smallest absolute Gasteiger partial charge is 0.268 e. The number of hydrogen-bond acceptors (Lipinski definition) is 1. The van der Waals surface area contributed by atoms with E-state index < -0.39 is 0 Å². The first-order valence-corrected chi connectivity index (χ1v) is 5.39. The normalized spacial score (nSPS) is 11.1. The van der Waals surface area contributed by atoms with E-state index in [1.54, 1.807) is 0 Å². The van der Waals surface area contributed by atoms with Crippen LogP contribution in [-0.2, 0) is 7.05 Å². The molecule has 15 heavy (non-hydrogen) atoms. The number of nitrogens with one attached hydrogen (secondary N) is 1. The van der Waals surface area contributed by atoms with Gasteiger partial charge in [0.05, 0.1) is 0 Å². The Morgan fingerprint density at radius 2 is 1.93 bits per heavy atom. The van der Waals surface area contributed by atoms with Crippen LogP contribution in [0.15, 0.2) is 12.3 Å². The van der Waals surface area contributed by atoms with Crippen LogP contribution in [0, 0.1) is 0 Å². The Bertz CT molecular complexity index is 351. The van der Waals surface area contributed by atoms with Gasteiger partial charge in [-0.1, -0.05) is 13.8 Å². The van der Waals surface area contributed by atoms with Crippen molar-refractivity contribution in [2.75, 3.05) is 0 Å². The molecule has 0 bridgehead atoms. The summed E-state index contributed by atoms with van der Waals surface area (Å²) < 4.78 is 1.88. The van der Waals surface area contributed by atoms with Crippen LogP contribution < -0.4 is 5.32 Å². The van der Waals surface area contributed by atoms with Crippen LogP contribution in [0.4, 0.5) is 0 Å². The van der Waals surface area contributed by atoms with Gasteiger partial charge in [-0.05, 0) is 31.4 Å². The monoisotopic (exact) mass is 208 g/mol. The molecule has 0 unspecified atom stereocenters. The molecule has 0 fully saturated rings. The molecule has 84 valence electrons. The Kier molecular flexibility index (Phi) is 3.56. The summed E-state index contributed by atoms with van der Waals surface area (Å²) in [5.41, 5.74) is 1.93. The van der Waals surface area contributed by atoms with Gasteiger partial charge in [0.2, 0.25) is 0 Å². The van der Waals surface area contributed by atoms with Crippen LogP contribution in [-0.4, -0.2) is 16.5 Å². The third kappa shape index (κ3) is 2.85. The van der Waals surface area contributed by atoms with Crippen LogP contribution in [0.1, 0.15) is 49.7 Å². The number of carbonyl (C=O) groups is 1. The van der Waals surface area contributed by atoms with Gasteiger partial charge < -0.3 is 9.88 Å². The molecule has 0 spiro atoms. The first-order valence-electron chi connectivity index (χ1n) is 5.39. The molecule has 1 aromatic heterocycles. The zero-order valence-corrected chi connectivity index (χ0v) is 10.2. The molecule has 0 saturated carbocycles. The molecular formula is C12H20N2O. The second-order valence-electron chi connectivity index (χ2n) is 4.55. The average molecular weight is 208 g/mol. The first kappa shape index (κ1) is 11.8. The molecule has 0 saturated heterocycles. The summed E-state index contributed by atoms with van der Waals surface area (Å²) in [5, 5.41) is 2.89. The Morgan fingerprint density at radius 3 is 2.33 bits per heavy atom. The third-order valence-corrected chi connectivity index (χ3v) is 2.35. The summed E-state index contributed by atoms with van der Waals surface area (Å²) in [4.78, 5) is 11.8. The van der Waals surface area contributed by atoms with Crippen LogP contribution in [0.2, 0.25) is 0 Å². The predicted octanol–water partition coefficient (Wildman–Crippen LogP) is 2.29. The molecule has 0 aliphatic carbocycles. The maximum atomic E-state index is 11.8. The number of nitrogens with zero attached hydrogens (tertiary/aromatic N) is 1. The molecule has 0 aliphatic heterocycles. The molecule has 3 nitrogen and oxygen atoms in total. The molecular weight excluding hydrogens is 188 g/mol. The van der Waals surface area contributed by atoms with Gasteiger partial charge in [0.25, 0.3) is 5.91 Å². The molecule has 1 aromatic rings. The van der Waals surface area contributed by atoms with E-state index in [2.05, 4.69) is 19.2 Å². The topological polar surface area (TPSA) is 34.0 Å². The number of rotatable bonds is 3. The Morgan fingerprint density at radius 1 is 1.33 bits per heavy atom. The van der Waals surface area contributed by atoms with Crippen molar-refractivity contribution in [3.8, 4) is 0 Å². The predicted molar refractivity (Wildman–Crippen MR) is 62.1 cm³/mol. The maximum Gasteiger partial charge on any atom is 0.268 e. The molecule has 1 amide bonds. The van der Waals surface area contributed by atoms with Crippen LogP contribution in [0.3, 0.4) is 0 Å². The summed E-state index contributed by atoms with van der Waals surface area (Å²) in [6, 6.07) is 2.14. The fourth-order valence-electron chi connectivity index (χ4n) is 1.47. The van der Waals surface area contributed by atoms with Crippen LogP contribution in [0.25, 0.3) is 0 Å². The van der Waals surface area contributed by atoms with Crippen molar-refractivity contribution in [3.05, 3.63) is 23.5 Å². The van der Waals surface area contributed by atoms with Crippen LogP contribution in [0.5, 0.6) is 0 Å². The van der Waals surface area contributed by atoms with E-state index in [0.29, 0.717) is 5.92 Å². The van der Waals surface area contributed by atoms with Gasteiger partial charge in [0, 0.05) is 19.3 Å². The standard InChI is InChI=1S/C12H20N2O/c1-8(2)10-6-11(14(5)7-10)12(15)13-9(3)4/h6-9H,1-5H3,(H,13,15). The molecule has 0 radical (unpaired) electrons. The lowest BCUT2D eigenvalue weighted by Crippen LogP contribution is -2.31. The second-order valence-corrected chi connectivity index (χ2v) is 4.55.